The molecule has 0 bridgehead atoms. The Morgan fingerprint density at radius 2 is 1.19 bits per heavy atom. The summed E-state index contributed by atoms with van der Waals surface area (Å²) in [6.07, 6.45) is 9.45. The lowest BCUT2D eigenvalue weighted by molar-refractivity contribution is -0.941. The van der Waals surface area contributed by atoms with E-state index < -0.39 is 0 Å². The van der Waals surface area contributed by atoms with Gasteiger partial charge in [-0.05, 0) is 25.7 Å². The van der Waals surface area contributed by atoms with Crippen LogP contribution in [-0.4, -0.2) is 24.1 Å². The van der Waals surface area contributed by atoms with Crippen LogP contribution in [0.1, 0.15) is 71.3 Å². The van der Waals surface area contributed by atoms with Crippen molar-refractivity contribution in [1.29, 1.82) is 0 Å². The first kappa shape index (κ1) is 18.2. The van der Waals surface area contributed by atoms with Crippen molar-refractivity contribution >= 4 is 0 Å². The van der Waals surface area contributed by atoms with Crippen LogP contribution in [0.4, 0.5) is 0 Å². The van der Waals surface area contributed by atoms with E-state index in [-0.39, 0.29) is 0 Å². The van der Waals surface area contributed by atoms with Crippen molar-refractivity contribution in [2.45, 2.75) is 72.3 Å². The Hall–Kier alpha value is -0.820. The highest BCUT2D eigenvalue weighted by Gasteiger charge is 2.26. The minimum absolute atomic E-state index is 1.23. The highest BCUT2D eigenvalue weighted by atomic mass is 15.3. The van der Waals surface area contributed by atoms with E-state index in [1.807, 2.05) is 0 Å². The molecule has 0 amide bonds. The highest BCUT2D eigenvalue weighted by molar-refractivity contribution is 5.13. The maximum Gasteiger partial charge on any atom is 0.104 e. The van der Waals surface area contributed by atoms with Gasteiger partial charge in [0.25, 0.3) is 0 Å². The molecule has 0 saturated heterocycles. The molecular weight excluding hydrogens is 254 g/mol. The standard InChI is InChI=1S/C20H36N/c1-4-7-13-18-21(16-8-5-2,17-9-6-3)19-20-14-11-10-12-15-20/h10-12,14-15H,4-9,13,16-19H2,1-3H3/q+1. The van der Waals surface area contributed by atoms with E-state index in [0.717, 1.165) is 0 Å². The van der Waals surface area contributed by atoms with Crippen molar-refractivity contribution < 1.29 is 4.48 Å². The first-order chi connectivity index (χ1) is 10.3. The van der Waals surface area contributed by atoms with Crippen molar-refractivity contribution in [3.63, 3.8) is 0 Å². The van der Waals surface area contributed by atoms with Gasteiger partial charge in [0.1, 0.15) is 6.54 Å². The molecule has 0 atom stereocenters. The molecule has 0 saturated carbocycles. The number of benzene rings is 1. The van der Waals surface area contributed by atoms with Crippen LogP contribution < -0.4 is 0 Å². The molecule has 21 heavy (non-hydrogen) atoms. The normalized spacial score (nSPS) is 11.8. The fraction of sp³-hybridized carbons (Fsp3) is 0.700. The average molecular weight is 291 g/mol. The second-order valence-corrected chi connectivity index (χ2v) is 6.57. The second-order valence-electron chi connectivity index (χ2n) is 6.57. The third-order valence-corrected chi connectivity index (χ3v) is 4.57. The zero-order valence-corrected chi connectivity index (χ0v) is 14.6. The van der Waals surface area contributed by atoms with Gasteiger partial charge in [-0.1, -0.05) is 70.4 Å². The molecule has 120 valence electrons. The first-order valence-corrected chi connectivity index (χ1v) is 9.15. The quantitative estimate of drug-likeness (QED) is 0.337. The summed E-state index contributed by atoms with van der Waals surface area (Å²) in [5.74, 6) is 0. The molecule has 1 aromatic carbocycles. The molecule has 1 heteroatoms. The van der Waals surface area contributed by atoms with Gasteiger partial charge < -0.3 is 4.48 Å². The van der Waals surface area contributed by atoms with Crippen LogP contribution in [0.2, 0.25) is 0 Å². The van der Waals surface area contributed by atoms with Crippen LogP contribution in [0.3, 0.4) is 0 Å². The van der Waals surface area contributed by atoms with Crippen LogP contribution in [0, 0.1) is 0 Å². The van der Waals surface area contributed by atoms with Crippen LogP contribution in [0.25, 0.3) is 0 Å². The van der Waals surface area contributed by atoms with Gasteiger partial charge >= 0.3 is 0 Å². The van der Waals surface area contributed by atoms with Crippen molar-refractivity contribution in [2.75, 3.05) is 19.6 Å². The molecule has 0 unspecified atom stereocenters. The Labute approximate surface area is 133 Å². The highest BCUT2D eigenvalue weighted by Crippen LogP contribution is 2.20. The van der Waals surface area contributed by atoms with Gasteiger partial charge in [-0.3, -0.25) is 0 Å². The van der Waals surface area contributed by atoms with Gasteiger partial charge in [0.15, 0.2) is 0 Å². The molecule has 0 heterocycles. The molecule has 0 spiro atoms. The van der Waals surface area contributed by atoms with Gasteiger partial charge in [0.05, 0.1) is 19.6 Å². The van der Waals surface area contributed by atoms with E-state index >= 15 is 0 Å². The third-order valence-electron chi connectivity index (χ3n) is 4.57. The summed E-state index contributed by atoms with van der Waals surface area (Å²) in [6.45, 7) is 12.3. The summed E-state index contributed by atoms with van der Waals surface area (Å²) in [5.41, 5.74) is 1.52. The van der Waals surface area contributed by atoms with E-state index in [2.05, 4.69) is 51.1 Å². The van der Waals surface area contributed by atoms with E-state index in [0.29, 0.717) is 0 Å². The van der Waals surface area contributed by atoms with Crippen molar-refractivity contribution in [3.8, 4) is 0 Å². The lowest BCUT2D eigenvalue weighted by Crippen LogP contribution is -2.49. The number of unbranched alkanes of at least 4 members (excludes halogenated alkanes) is 4. The summed E-state index contributed by atoms with van der Waals surface area (Å²) in [6, 6.07) is 11.1. The SMILES string of the molecule is CCCCC[N+](CCCC)(CCCC)Cc1ccccc1. The summed E-state index contributed by atoms with van der Waals surface area (Å²) in [5, 5.41) is 0. The van der Waals surface area contributed by atoms with Crippen LogP contribution in [0.15, 0.2) is 30.3 Å². The summed E-state index contributed by atoms with van der Waals surface area (Å²) >= 11 is 0. The first-order valence-electron chi connectivity index (χ1n) is 9.15. The molecular formula is C20H36N+. The molecule has 1 nitrogen and oxygen atoms in total. The second kappa shape index (κ2) is 10.8. The Bertz CT molecular complexity index is 336. The van der Waals surface area contributed by atoms with E-state index in [4.69, 9.17) is 0 Å². The van der Waals surface area contributed by atoms with Crippen molar-refractivity contribution in [3.05, 3.63) is 35.9 Å². The summed E-state index contributed by atoms with van der Waals surface area (Å²) in [7, 11) is 0. The van der Waals surface area contributed by atoms with Gasteiger partial charge in [-0.2, -0.15) is 0 Å². The van der Waals surface area contributed by atoms with E-state index in [1.54, 1.807) is 0 Å². The van der Waals surface area contributed by atoms with Gasteiger partial charge in [0.2, 0.25) is 0 Å². The topological polar surface area (TPSA) is 0 Å². The Balaban J connectivity index is 2.79. The fourth-order valence-corrected chi connectivity index (χ4v) is 3.23. The maximum absolute atomic E-state index is 2.32. The monoisotopic (exact) mass is 290 g/mol. The Kier molecular flexibility index (Phi) is 9.41. The zero-order valence-electron chi connectivity index (χ0n) is 14.6. The minimum atomic E-state index is 1.23. The zero-order chi connectivity index (χ0) is 15.4. The lowest BCUT2D eigenvalue weighted by Gasteiger charge is -2.39. The minimum Gasteiger partial charge on any atom is -0.320 e. The Morgan fingerprint density at radius 1 is 0.667 bits per heavy atom. The predicted octanol–water partition coefficient (Wildman–Crippen LogP) is 5.79. The average Bonchev–Trinajstić information content (AvgIpc) is 2.52. The van der Waals surface area contributed by atoms with Crippen LogP contribution in [0.5, 0.6) is 0 Å². The van der Waals surface area contributed by atoms with Gasteiger partial charge in [0, 0.05) is 5.56 Å². The van der Waals surface area contributed by atoms with E-state index in [1.165, 1.54) is 81.2 Å². The predicted molar refractivity (Wildman–Crippen MR) is 94.3 cm³/mol. The molecule has 1 aromatic rings. The largest absolute Gasteiger partial charge is 0.320 e. The summed E-state index contributed by atoms with van der Waals surface area (Å²) in [4.78, 5) is 0. The van der Waals surface area contributed by atoms with Crippen molar-refractivity contribution in [1.82, 2.24) is 0 Å². The fourth-order valence-electron chi connectivity index (χ4n) is 3.23. The van der Waals surface area contributed by atoms with Crippen molar-refractivity contribution in [2.24, 2.45) is 0 Å². The smallest absolute Gasteiger partial charge is 0.104 e. The third kappa shape index (κ3) is 7.13. The molecule has 0 radical (unpaired) electrons. The molecule has 1 rings (SSSR count). The molecule has 0 N–H and O–H groups in total. The molecule has 0 fully saturated rings. The number of hydrogen-bond acceptors (Lipinski definition) is 0. The number of rotatable bonds is 12. The van der Waals surface area contributed by atoms with Crippen LogP contribution in [-0.2, 0) is 6.54 Å². The molecule has 0 aromatic heterocycles. The number of quaternary nitrogens is 1. The maximum atomic E-state index is 2.32. The summed E-state index contributed by atoms with van der Waals surface area (Å²) < 4.78 is 1.31. The number of hydrogen-bond donors (Lipinski definition) is 0. The van der Waals surface area contributed by atoms with Crippen LogP contribution >= 0.6 is 0 Å². The molecule has 0 aliphatic heterocycles. The lowest BCUT2D eigenvalue weighted by atomic mass is 10.1. The van der Waals surface area contributed by atoms with Gasteiger partial charge in [-0.25, -0.2) is 0 Å². The van der Waals surface area contributed by atoms with Gasteiger partial charge in [-0.15, -0.1) is 0 Å². The van der Waals surface area contributed by atoms with E-state index in [9.17, 15) is 0 Å². The number of nitrogens with zero attached hydrogens (tertiary/aromatic N) is 1. The molecule has 0 aliphatic carbocycles. The Morgan fingerprint density at radius 3 is 1.71 bits per heavy atom. The molecule has 0 aliphatic rings.